The molecule has 11 aromatic rings. The first-order chi connectivity index (χ1) is 27.5. The van der Waals surface area contributed by atoms with Gasteiger partial charge in [0, 0.05) is 78.1 Å². The highest BCUT2D eigenvalue weighted by Gasteiger charge is 2.38. The minimum absolute atomic E-state index is 0.138. The molecule has 4 heterocycles. The molecule has 0 N–H and O–H groups in total. The smallest absolute Gasteiger partial charge is 0.0553 e. The van der Waals surface area contributed by atoms with Gasteiger partial charge in [0.15, 0.2) is 0 Å². The molecule has 3 aromatic heterocycles. The van der Waals surface area contributed by atoms with Crippen molar-refractivity contribution in [3.63, 3.8) is 0 Å². The molecule has 56 heavy (non-hydrogen) atoms. The van der Waals surface area contributed by atoms with Crippen LogP contribution in [0.15, 0.2) is 177 Å². The summed E-state index contributed by atoms with van der Waals surface area (Å²) < 4.78 is 7.66. The third-order valence-electron chi connectivity index (χ3n) is 12.3. The number of nitrogens with zero attached hydrogens (tertiary/aromatic N) is 2. The minimum atomic E-state index is -0.138. The normalized spacial score (nSPS) is 14.2. The number of para-hydroxylation sites is 1. The fourth-order valence-corrected chi connectivity index (χ4v) is 13.3. The van der Waals surface area contributed by atoms with Crippen molar-refractivity contribution in [1.29, 1.82) is 0 Å². The van der Waals surface area contributed by atoms with Crippen LogP contribution in [0.5, 0.6) is 0 Å². The Labute approximate surface area is 336 Å². The van der Waals surface area contributed by atoms with E-state index in [0.29, 0.717) is 0 Å². The van der Waals surface area contributed by atoms with Gasteiger partial charge in [-0.25, -0.2) is 0 Å². The van der Waals surface area contributed by atoms with Gasteiger partial charge in [-0.15, -0.1) is 11.3 Å². The maximum absolute atomic E-state index is 2.55. The zero-order chi connectivity index (χ0) is 36.9. The van der Waals surface area contributed by atoms with Crippen molar-refractivity contribution in [2.45, 2.75) is 38.8 Å². The predicted molar refractivity (Wildman–Crippen MR) is 240 cm³/mol. The number of benzene rings is 8. The van der Waals surface area contributed by atoms with Gasteiger partial charge >= 0.3 is 0 Å². The Hall–Kier alpha value is -5.72. The van der Waals surface area contributed by atoms with Crippen LogP contribution in [0, 0.1) is 0 Å². The lowest BCUT2D eigenvalue weighted by Gasteiger charge is -2.23. The molecule has 0 atom stereocenters. The molecule has 0 fully saturated rings. The molecular weight excluding hydrogens is 737 g/mol. The summed E-state index contributed by atoms with van der Waals surface area (Å²) in [5, 5.41) is 7.85. The maximum atomic E-state index is 2.55. The summed E-state index contributed by atoms with van der Waals surface area (Å²) in [6, 6.07) is 59.4. The molecule has 264 valence electrons. The molecule has 0 spiro atoms. The van der Waals surface area contributed by atoms with E-state index in [1.165, 1.54) is 117 Å². The molecule has 0 bridgehead atoms. The average molecular weight is 769 g/mol. The second-order valence-electron chi connectivity index (χ2n) is 15.7. The molecule has 2 aliphatic rings. The Morgan fingerprint density at radius 2 is 1.04 bits per heavy atom. The van der Waals surface area contributed by atoms with Crippen molar-refractivity contribution in [3.05, 3.63) is 169 Å². The number of hydrogen-bond donors (Lipinski definition) is 0. The Morgan fingerprint density at radius 3 is 1.89 bits per heavy atom. The van der Waals surface area contributed by atoms with E-state index in [1.807, 2.05) is 34.9 Å². The van der Waals surface area contributed by atoms with Crippen molar-refractivity contribution in [3.8, 4) is 22.5 Å². The number of aromatic nitrogens is 2. The van der Waals surface area contributed by atoms with Crippen LogP contribution >= 0.6 is 34.9 Å². The van der Waals surface area contributed by atoms with Gasteiger partial charge in [0.2, 0.25) is 0 Å². The zero-order valence-corrected chi connectivity index (χ0v) is 33.1. The van der Waals surface area contributed by atoms with Crippen LogP contribution in [0.3, 0.4) is 0 Å². The van der Waals surface area contributed by atoms with Crippen molar-refractivity contribution in [2.75, 3.05) is 0 Å². The Morgan fingerprint density at radius 1 is 0.411 bits per heavy atom. The van der Waals surface area contributed by atoms with Gasteiger partial charge < -0.3 is 9.13 Å². The molecular formula is C51H32N2S3. The second-order valence-corrected chi connectivity index (χ2v) is 18.9. The highest BCUT2D eigenvalue weighted by atomic mass is 32.2. The van der Waals surface area contributed by atoms with E-state index in [2.05, 4.69) is 181 Å². The lowest BCUT2D eigenvalue weighted by molar-refractivity contribution is 0.666. The molecule has 0 radical (unpaired) electrons. The molecule has 0 amide bonds. The summed E-state index contributed by atoms with van der Waals surface area (Å²) in [5.74, 6) is 0. The van der Waals surface area contributed by atoms with Crippen LogP contribution in [0.1, 0.15) is 25.0 Å². The van der Waals surface area contributed by atoms with Crippen LogP contribution < -0.4 is 0 Å². The zero-order valence-electron chi connectivity index (χ0n) is 30.6. The summed E-state index contributed by atoms with van der Waals surface area (Å²) in [6.07, 6.45) is 0. The summed E-state index contributed by atoms with van der Waals surface area (Å²) >= 11 is 5.67. The average Bonchev–Trinajstić information content (AvgIpc) is 3.93. The standard InChI is InChI=1S/C51H32N2S3/c1-51(2)38-14-6-3-11-31(38)34-21-23-41-49(50(34)51)37-27-47-48(56-46-18-10-9-17-45(46)55-47)28-42(37)53(41)29-19-22-40-35(25-29)32-12-4-7-15-39(32)52(40)30-20-24-44-36(26-30)33-13-5-8-16-43(33)54-44/h3-28H,1-2H3. The Bertz CT molecular complexity index is 3520. The van der Waals surface area contributed by atoms with Crippen molar-refractivity contribution in [1.82, 2.24) is 9.13 Å². The molecule has 1 aliphatic carbocycles. The Kier molecular flexibility index (Phi) is 6.30. The van der Waals surface area contributed by atoms with Crippen molar-refractivity contribution < 1.29 is 0 Å². The van der Waals surface area contributed by atoms with Gasteiger partial charge in [0.05, 0.1) is 22.1 Å². The van der Waals surface area contributed by atoms with Gasteiger partial charge in [-0.3, -0.25) is 0 Å². The van der Waals surface area contributed by atoms with Crippen LogP contribution in [-0.4, -0.2) is 9.13 Å². The predicted octanol–water partition coefficient (Wildman–Crippen LogP) is 15.2. The summed E-state index contributed by atoms with van der Waals surface area (Å²) in [4.78, 5) is 5.31. The van der Waals surface area contributed by atoms with Crippen molar-refractivity contribution in [2.24, 2.45) is 0 Å². The first-order valence-electron chi connectivity index (χ1n) is 19.2. The van der Waals surface area contributed by atoms with E-state index in [4.69, 9.17) is 0 Å². The molecule has 13 rings (SSSR count). The fourth-order valence-electron chi connectivity index (χ4n) is 9.91. The minimum Gasteiger partial charge on any atom is -0.309 e. The first kappa shape index (κ1) is 31.5. The van der Waals surface area contributed by atoms with Crippen LogP contribution in [-0.2, 0) is 5.41 Å². The lowest BCUT2D eigenvalue weighted by Crippen LogP contribution is -2.15. The van der Waals surface area contributed by atoms with E-state index in [1.54, 1.807) is 0 Å². The molecule has 0 unspecified atom stereocenters. The maximum Gasteiger partial charge on any atom is 0.0553 e. The SMILES string of the molecule is CC1(C)c2ccccc2-c2ccc3c(c21)c1cc2c(cc1n3-c1ccc3c(c1)c1ccccc1n3-c1ccc3sc4ccccc4c3c1)Sc1ccccc1S2. The number of thiophene rings is 1. The van der Waals surface area contributed by atoms with E-state index in [-0.39, 0.29) is 5.41 Å². The van der Waals surface area contributed by atoms with E-state index in [9.17, 15) is 0 Å². The number of fused-ring (bicyclic) bond motifs is 15. The van der Waals surface area contributed by atoms with Gasteiger partial charge in [-0.05, 0) is 101 Å². The monoisotopic (exact) mass is 768 g/mol. The third kappa shape index (κ3) is 4.15. The number of hydrogen-bond acceptors (Lipinski definition) is 3. The lowest BCUT2D eigenvalue weighted by atomic mass is 9.80. The van der Waals surface area contributed by atoms with Gasteiger partial charge in [0.1, 0.15) is 0 Å². The number of rotatable bonds is 2. The summed E-state index contributed by atoms with van der Waals surface area (Å²) in [6.45, 7) is 4.83. The molecule has 0 saturated heterocycles. The molecule has 0 saturated carbocycles. The highest BCUT2D eigenvalue weighted by Crippen LogP contribution is 2.56. The van der Waals surface area contributed by atoms with E-state index in [0.717, 1.165) is 0 Å². The molecule has 2 nitrogen and oxygen atoms in total. The highest BCUT2D eigenvalue weighted by molar-refractivity contribution is 8.05. The van der Waals surface area contributed by atoms with E-state index >= 15 is 0 Å². The van der Waals surface area contributed by atoms with Gasteiger partial charge in [-0.1, -0.05) is 116 Å². The molecule has 8 aromatic carbocycles. The second kappa shape index (κ2) is 11.2. The quantitative estimate of drug-likeness (QED) is 0.173. The Balaban J connectivity index is 1.09. The molecule has 5 heteroatoms. The summed E-state index contributed by atoms with van der Waals surface area (Å²) in [5.41, 5.74) is 12.7. The largest absolute Gasteiger partial charge is 0.309 e. The van der Waals surface area contributed by atoms with Gasteiger partial charge in [-0.2, -0.15) is 0 Å². The third-order valence-corrected chi connectivity index (χ3v) is 16.0. The molecule has 1 aliphatic heterocycles. The van der Waals surface area contributed by atoms with Crippen molar-refractivity contribution >= 4 is 98.6 Å². The van der Waals surface area contributed by atoms with E-state index < -0.39 is 0 Å². The van der Waals surface area contributed by atoms with Crippen LogP contribution in [0.25, 0.3) is 86.3 Å². The topological polar surface area (TPSA) is 9.86 Å². The fraction of sp³-hybridized carbons (Fsp3) is 0.0588. The first-order valence-corrected chi connectivity index (χ1v) is 21.6. The van der Waals surface area contributed by atoms with Crippen LogP contribution in [0.2, 0.25) is 0 Å². The van der Waals surface area contributed by atoms with Gasteiger partial charge in [0.25, 0.3) is 0 Å². The summed E-state index contributed by atoms with van der Waals surface area (Å²) in [7, 11) is 0. The van der Waals surface area contributed by atoms with Crippen LogP contribution in [0.4, 0.5) is 0 Å².